The van der Waals surface area contributed by atoms with Gasteiger partial charge in [0.15, 0.2) is 6.10 Å². The van der Waals surface area contributed by atoms with Gasteiger partial charge in [-0.25, -0.2) is 4.57 Å². The molecule has 9 heteroatoms. The first-order valence-electron chi connectivity index (χ1n) is 18.3. The van der Waals surface area contributed by atoms with E-state index in [2.05, 4.69) is 36.6 Å². The van der Waals surface area contributed by atoms with Crippen LogP contribution in [0.15, 0.2) is 36.5 Å². The molecule has 0 bridgehead atoms. The fourth-order valence-electron chi connectivity index (χ4n) is 5.02. The van der Waals surface area contributed by atoms with Gasteiger partial charge >= 0.3 is 19.8 Å². The maximum absolute atomic E-state index is 12.3. The zero-order valence-electron chi connectivity index (χ0n) is 29.2. The van der Waals surface area contributed by atoms with E-state index in [9.17, 15) is 14.2 Å². The number of hydrogen-bond acceptors (Lipinski definition) is 6. The summed E-state index contributed by atoms with van der Waals surface area (Å²) in [6.07, 6.45) is 37.2. The maximum atomic E-state index is 12.3. The van der Waals surface area contributed by atoms with Crippen molar-refractivity contribution in [2.45, 2.75) is 174 Å². The molecule has 0 aromatic rings. The minimum absolute atomic E-state index is 0.190. The second-order valence-corrected chi connectivity index (χ2v) is 13.5. The maximum Gasteiger partial charge on any atom is 0.469 e. The van der Waals surface area contributed by atoms with Gasteiger partial charge in [-0.3, -0.25) is 14.1 Å². The SMILES string of the molecule is CC/C=C/C=C/C=C/CCCCCCCC(=O)OC(COC(=O)CCCCCCCCCCCCCCCCC)COP(=O)(O)O. The molecule has 0 saturated heterocycles. The number of hydrogen-bond donors (Lipinski definition) is 2. The van der Waals surface area contributed by atoms with Crippen LogP contribution >= 0.6 is 7.82 Å². The molecule has 0 aromatic heterocycles. The summed E-state index contributed by atoms with van der Waals surface area (Å²) in [5.74, 6) is -0.907. The third-order valence-corrected chi connectivity index (χ3v) is 8.22. The summed E-state index contributed by atoms with van der Waals surface area (Å²) in [5.41, 5.74) is 0. The van der Waals surface area contributed by atoms with Crippen LogP contribution in [0.1, 0.15) is 168 Å². The quantitative estimate of drug-likeness (QED) is 0.0306. The molecule has 0 fully saturated rings. The smallest absolute Gasteiger partial charge is 0.462 e. The first-order valence-corrected chi connectivity index (χ1v) is 19.8. The van der Waals surface area contributed by atoms with Crippen LogP contribution < -0.4 is 0 Å². The molecule has 1 unspecified atom stereocenters. The second kappa shape index (κ2) is 33.2. The predicted molar refractivity (Wildman–Crippen MR) is 188 cm³/mol. The summed E-state index contributed by atoms with van der Waals surface area (Å²) < 4.78 is 26.3. The zero-order valence-corrected chi connectivity index (χ0v) is 30.1. The lowest BCUT2D eigenvalue weighted by Gasteiger charge is -2.18. The van der Waals surface area contributed by atoms with E-state index in [0.29, 0.717) is 6.42 Å². The van der Waals surface area contributed by atoms with E-state index in [-0.39, 0.29) is 19.4 Å². The zero-order chi connectivity index (χ0) is 34.0. The van der Waals surface area contributed by atoms with Crippen LogP contribution in [0.3, 0.4) is 0 Å². The van der Waals surface area contributed by atoms with Crippen molar-refractivity contribution in [2.75, 3.05) is 13.2 Å². The lowest BCUT2D eigenvalue weighted by Crippen LogP contribution is -2.29. The molecular weight excluding hydrogens is 603 g/mol. The highest BCUT2D eigenvalue weighted by molar-refractivity contribution is 7.46. The lowest BCUT2D eigenvalue weighted by molar-refractivity contribution is -0.161. The van der Waals surface area contributed by atoms with E-state index in [1.165, 1.54) is 77.0 Å². The number of phosphoric acid groups is 1. The van der Waals surface area contributed by atoms with Crippen LogP contribution in [0.5, 0.6) is 0 Å². The minimum Gasteiger partial charge on any atom is -0.462 e. The Morgan fingerprint density at radius 3 is 1.54 bits per heavy atom. The van der Waals surface area contributed by atoms with Gasteiger partial charge in [0.2, 0.25) is 0 Å². The number of phosphoric ester groups is 1. The Hall–Kier alpha value is -1.73. The summed E-state index contributed by atoms with van der Waals surface area (Å²) in [6, 6.07) is 0. The molecule has 8 nitrogen and oxygen atoms in total. The van der Waals surface area contributed by atoms with Gasteiger partial charge in [0.25, 0.3) is 0 Å². The van der Waals surface area contributed by atoms with Crippen LogP contribution in [0.2, 0.25) is 0 Å². The highest BCUT2D eigenvalue weighted by atomic mass is 31.2. The van der Waals surface area contributed by atoms with Gasteiger partial charge in [-0.1, -0.05) is 159 Å². The van der Waals surface area contributed by atoms with Crippen molar-refractivity contribution in [1.82, 2.24) is 0 Å². The van der Waals surface area contributed by atoms with Crippen molar-refractivity contribution in [3.8, 4) is 0 Å². The Morgan fingerprint density at radius 1 is 0.587 bits per heavy atom. The van der Waals surface area contributed by atoms with Gasteiger partial charge < -0.3 is 19.3 Å². The topological polar surface area (TPSA) is 119 Å². The fraction of sp³-hybridized carbons (Fsp3) is 0.784. The molecule has 0 aliphatic carbocycles. The molecule has 0 spiro atoms. The summed E-state index contributed by atoms with van der Waals surface area (Å²) in [6.45, 7) is 3.52. The molecule has 46 heavy (non-hydrogen) atoms. The number of rotatable bonds is 33. The largest absolute Gasteiger partial charge is 0.469 e. The van der Waals surface area contributed by atoms with Crippen LogP contribution in [0.4, 0.5) is 0 Å². The lowest BCUT2D eigenvalue weighted by atomic mass is 10.0. The van der Waals surface area contributed by atoms with E-state index < -0.39 is 32.5 Å². The van der Waals surface area contributed by atoms with E-state index in [1.54, 1.807) is 0 Å². The molecule has 0 amide bonds. The Balaban J connectivity index is 3.98. The number of esters is 2. The van der Waals surface area contributed by atoms with E-state index in [4.69, 9.17) is 19.3 Å². The van der Waals surface area contributed by atoms with Crippen LogP contribution in [-0.4, -0.2) is 41.0 Å². The third-order valence-electron chi connectivity index (χ3n) is 7.73. The van der Waals surface area contributed by atoms with Gasteiger partial charge in [0.05, 0.1) is 6.61 Å². The molecule has 0 aromatic carbocycles. The van der Waals surface area contributed by atoms with Crippen LogP contribution in [0, 0.1) is 0 Å². The number of carbonyl (C=O) groups excluding carboxylic acids is 2. The molecule has 0 heterocycles. The fourth-order valence-corrected chi connectivity index (χ4v) is 5.38. The standard InChI is InChI=1S/C37H67O8P/c1-3-5-7-9-11-13-15-17-18-20-21-23-25-27-29-31-36(38)43-33-35(34-44-46(40,41)42)45-37(39)32-30-28-26-24-22-19-16-14-12-10-8-6-4-2/h6,8,10,12,14,16,35H,3-5,7,9,11,13,15,17-34H2,1-2H3,(H2,40,41,42)/b8-6+,12-10+,16-14+. The van der Waals surface area contributed by atoms with E-state index in [1.807, 2.05) is 18.2 Å². The first kappa shape index (κ1) is 44.3. The highest BCUT2D eigenvalue weighted by Crippen LogP contribution is 2.36. The summed E-state index contributed by atoms with van der Waals surface area (Å²) in [5, 5.41) is 0. The first-order chi connectivity index (χ1) is 22.3. The number of unbranched alkanes of at least 4 members (excludes halogenated alkanes) is 19. The summed E-state index contributed by atoms with van der Waals surface area (Å²) in [4.78, 5) is 42.6. The predicted octanol–water partition coefficient (Wildman–Crippen LogP) is 10.6. The number of allylic oxidation sites excluding steroid dienone is 6. The monoisotopic (exact) mass is 670 g/mol. The molecule has 0 aliphatic rings. The van der Waals surface area contributed by atoms with Crippen molar-refractivity contribution >= 4 is 19.8 Å². The summed E-state index contributed by atoms with van der Waals surface area (Å²) >= 11 is 0. The van der Waals surface area contributed by atoms with Crippen molar-refractivity contribution in [2.24, 2.45) is 0 Å². The minimum atomic E-state index is -4.75. The molecule has 0 rings (SSSR count). The van der Waals surface area contributed by atoms with Crippen molar-refractivity contribution in [3.63, 3.8) is 0 Å². The normalized spacial score (nSPS) is 12.9. The number of ether oxygens (including phenoxy) is 2. The average molecular weight is 671 g/mol. The van der Waals surface area contributed by atoms with Crippen LogP contribution in [0.25, 0.3) is 0 Å². The second-order valence-electron chi connectivity index (χ2n) is 12.2. The van der Waals surface area contributed by atoms with Crippen LogP contribution in [-0.2, 0) is 28.2 Å². The van der Waals surface area contributed by atoms with Crippen molar-refractivity contribution in [1.29, 1.82) is 0 Å². The molecule has 0 aliphatic heterocycles. The Bertz CT molecular complexity index is 848. The third kappa shape index (κ3) is 35.1. The Kier molecular flexibility index (Phi) is 31.9. The molecule has 0 radical (unpaired) electrons. The van der Waals surface area contributed by atoms with Crippen molar-refractivity contribution < 1.29 is 37.9 Å². The summed E-state index contributed by atoms with van der Waals surface area (Å²) in [7, 11) is -4.75. The van der Waals surface area contributed by atoms with E-state index in [0.717, 1.165) is 57.8 Å². The van der Waals surface area contributed by atoms with Gasteiger partial charge in [0.1, 0.15) is 6.61 Å². The van der Waals surface area contributed by atoms with Crippen molar-refractivity contribution in [3.05, 3.63) is 36.5 Å². The van der Waals surface area contributed by atoms with Gasteiger partial charge in [0, 0.05) is 12.8 Å². The van der Waals surface area contributed by atoms with Gasteiger partial charge in [-0.15, -0.1) is 0 Å². The van der Waals surface area contributed by atoms with Gasteiger partial charge in [-0.2, -0.15) is 0 Å². The van der Waals surface area contributed by atoms with Gasteiger partial charge in [-0.05, 0) is 32.1 Å². The molecule has 2 N–H and O–H groups in total. The molecule has 0 saturated carbocycles. The Labute approximate surface area is 281 Å². The highest BCUT2D eigenvalue weighted by Gasteiger charge is 2.22. The molecule has 268 valence electrons. The Morgan fingerprint density at radius 2 is 1.04 bits per heavy atom. The van der Waals surface area contributed by atoms with E-state index >= 15 is 0 Å². The molecule has 1 atom stereocenters. The molecular formula is C37H67O8P. The average Bonchev–Trinajstić information content (AvgIpc) is 3.02. The number of carbonyl (C=O) groups is 2.